The summed E-state index contributed by atoms with van der Waals surface area (Å²) in [4.78, 5) is 48.4. The van der Waals surface area contributed by atoms with Crippen LogP contribution < -0.4 is 0 Å². The van der Waals surface area contributed by atoms with Crippen LogP contribution in [0.3, 0.4) is 0 Å². The molecule has 0 amide bonds. The Hall–Kier alpha value is -3.25. The highest BCUT2D eigenvalue weighted by Crippen LogP contribution is 2.71. The number of fused-ring (bicyclic) bond motifs is 5. The molecule has 3 saturated carbocycles. The van der Waals surface area contributed by atoms with E-state index in [1.807, 2.05) is 0 Å². The largest absolute Gasteiger partial charge is 0.509 e. The third kappa shape index (κ3) is 4.12. The Morgan fingerprint density at radius 2 is 1.86 bits per heavy atom. The summed E-state index contributed by atoms with van der Waals surface area (Å²) in [6.45, 7) is 3.37. The molecule has 5 rings (SSSR count). The van der Waals surface area contributed by atoms with E-state index < -0.39 is 82.2 Å². The maximum absolute atomic E-state index is 17.3. The number of Topliss-reactive ketones (excluding diaryl/α,β-unsaturated/α-hetero) is 1. The molecule has 0 heterocycles. The first-order valence-electron chi connectivity index (χ1n) is 14.1. The van der Waals surface area contributed by atoms with E-state index in [2.05, 4.69) is 0 Å². The second-order valence-corrected chi connectivity index (χ2v) is 12.8. The number of rotatable bonds is 6. The van der Waals surface area contributed by atoms with Crippen molar-refractivity contribution >= 4 is 23.4 Å². The van der Waals surface area contributed by atoms with Gasteiger partial charge in [-0.15, -0.1) is 0 Å². The lowest BCUT2D eigenvalue weighted by Crippen LogP contribution is -2.71. The molecule has 3 fully saturated rings. The van der Waals surface area contributed by atoms with Gasteiger partial charge in [-0.1, -0.05) is 32.9 Å². The van der Waals surface area contributed by atoms with Gasteiger partial charge < -0.3 is 19.7 Å². The van der Waals surface area contributed by atoms with E-state index in [4.69, 9.17) is 9.47 Å². The third-order valence-electron chi connectivity index (χ3n) is 10.9. The average molecular weight is 592 g/mol. The number of para-hydroxylation sites is 1. The lowest BCUT2D eigenvalue weighted by Gasteiger charge is -2.63. The minimum Gasteiger partial charge on any atom is -0.429 e. The van der Waals surface area contributed by atoms with Crippen LogP contribution in [0.15, 0.2) is 35.9 Å². The zero-order valence-electron chi connectivity index (χ0n) is 23.7. The quantitative estimate of drug-likeness (QED) is 0.279. The summed E-state index contributed by atoms with van der Waals surface area (Å²) >= 11 is 0. The summed E-state index contributed by atoms with van der Waals surface area (Å²) in [5.41, 5.74) is -7.29. The van der Waals surface area contributed by atoms with Gasteiger partial charge in [0.1, 0.15) is 24.0 Å². The lowest BCUT2D eigenvalue weighted by molar-refractivity contribution is -0.385. The molecular weight excluding hydrogens is 556 g/mol. The van der Waals surface area contributed by atoms with E-state index in [-0.39, 0.29) is 54.7 Å². The Morgan fingerprint density at radius 3 is 2.55 bits per heavy atom. The van der Waals surface area contributed by atoms with Crippen LogP contribution in [0.5, 0.6) is 0 Å². The highest BCUT2D eigenvalue weighted by molar-refractivity contribution is 5.92. The normalized spacial score (nSPS) is 40.7. The van der Waals surface area contributed by atoms with Crippen molar-refractivity contribution < 1.29 is 47.8 Å². The fourth-order valence-corrected chi connectivity index (χ4v) is 8.71. The van der Waals surface area contributed by atoms with Crippen LogP contribution >= 0.6 is 0 Å². The topological polar surface area (TPSA) is 153 Å². The molecule has 10 nitrogen and oxygen atoms in total. The number of carbonyl (C=O) groups excluding carboxylic acids is 3. The van der Waals surface area contributed by atoms with Gasteiger partial charge in [0.15, 0.2) is 12.4 Å². The monoisotopic (exact) mass is 591 g/mol. The molecule has 0 saturated heterocycles. The fourth-order valence-electron chi connectivity index (χ4n) is 8.71. The van der Waals surface area contributed by atoms with Crippen molar-refractivity contribution in [3.63, 3.8) is 0 Å². The summed E-state index contributed by atoms with van der Waals surface area (Å²) < 4.78 is 42.8. The number of nitro groups is 1. The third-order valence-corrected chi connectivity index (χ3v) is 10.9. The number of benzene rings is 1. The molecule has 0 radical (unpaired) electrons. The fraction of sp³-hybridized carbons (Fsp3) is 0.633. The minimum absolute atomic E-state index is 0.0314. The average Bonchev–Trinajstić information content (AvgIpc) is 3.14. The molecule has 4 aliphatic rings. The van der Waals surface area contributed by atoms with Crippen LogP contribution in [0.1, 0.15) is 58.4 Å². The first-order valence-corrected chi connectivity index (χ1v) is 14.1. The number of allylic oxidation sites excluding steroid dienone is 1. The second-order valence-electron chi connectivity index (χ2n) is 12.8. The molecule has 9 atom stereocenters. The van der Waals surface area contributed by atoms with Crippen molar-refractivity contribution in [2.24, 2.45) is 28.6 Å². The number of nitrogens with zero attached hydrogens (tertiary/aromatic N) is 1. The number of aliphatic hydroxyl groups excluding tert-OH is 1. The molecule has 4 aliphatic carbocycles. The minimum atomic E-state index is -2.28. The number of halogens is 2. The standard InChI is InChI=1S/C30H35F2NO9/c1-16-10-19-20-12-22(31)21-11-18(34)8-9-27(21,2)29(20,32)24(35)13-28(19,3)30(16,38)25(36)15-42-26(37)41-14-17-6-4-5-7-23(17)33(39)40/h4-7,11,16,19-20,22,24,35,38H,8-10,12-15H2,1-3H3/t16-,19-,20-,22-,24-,27-,28-,29-,30-/m0/s1. The summed E-state index contributed by atoms with van der Waals surface area (Å²) in [5, 5.41) is 34.5. The first kappa shape index (κ1) is 30.2. The molecule has 228 valence electrons. The molecule has 0 aliphatic heterocycles. The number of aliphatic hydroxyl groups is 2. The van der Waals surface area contributed by atoms with Crippen LogP contribution in [0.25, 0.3) is 0 Å². The van der Waals surface area contributed by atoms with E-state index in [0.717, 1.165) is 0 Å². The van der Waals surface area contributed by atoms with E-state index in [1.165, 1.54) is 30.3 Å². The Bertz CT molecular complexity index is 1370. The Morgan fingerprint density at radius 1 is 1.17 bits per heavy atom. The molecule has 42 heavy (non-hydrogen) atoms. The van der Waals surface area contributed by atoms with Crippen LogP contribution in [0, 0.1) is 38.7 Å². The number of hydrogen-bond donors (Lipinski definition) is 2. The lowest BCUT2D eigenvalue weighted by atomic mass is 9.43. The maximum Gasteiger partial charge on any atom is 0.509 e. The zero-order valence-corrected chi connectivity index (χ0v) is 23.7. The number of carbonyl (C=O) groups is 3. The predicted molar refractivity (Wildman–Crippen MR) is 142 cm³/mol. The number of nitro benzene ring substituents is 1. The van der Waals surface area contributed by atoms with E-state index in [1.54, 1.807) is 20.8 Å². The number of hydrogen-bond acceptors (Lipinski definition) is 9. The summed E-state index contributed by atoms with van der Waals surface area (Å²) in [6.07, 6.45) is -3.72. The first-order chi connectivity index (χ1) is 19.6. The smallest absolute Gasteiger partial charge is 0.429 e. The molecule has 0 unspecified atom stereocenters. The van der Waals surface area contributed by atoms with Gasteiger partial charge in [-0.05, 0) is 55.2 Å². The van der Waals surface area contributed by atoms with Crippen molar-refractivity contribution in [2.45, 2.75) is 83.0 Å². The highest BCUT2D eigenvalue weighted by atomic mass is 19.1. The molecular formula is C30H35F2NO9. The van der Waals surface area contributed by atoms with Gasteiger partial charge >= 0.3 is 6.16 Å². The van der Waals surface area contributed by atoms with Crippen molar-refractivity contribution in [3.8, 4) is 0 Å². The Labute approximate surface area is 241 Å². The van der Waals surface area contributed by atoms with E-state index in [0.29, 0.717) is 0 Å². The van der Waals surface area contributed by atoms with Crippen LogP contribution in [0.2, 0.25) is 0 Å². The van der Waals surface area contributed by atoms with Gasteiger partial charge in [-0.2, -0.15) is 0 Å². The number of ketones is 2. The molecule has 12 heteroatoms. The highest BCUT2D eigenvalue weighted by Gasteiger charge is 2.76. The van der Waals surface area contributed by atoms with Crippen LogP contribution in [-0.2, 0) is 25.7 Å². The van der Waals surface area contributed by atoms with Crippen molar-refractivity contribution in [1.29, 1.82) is 0 Å². The summed E-state index contributed by atoms with van der Waals surface area (Å²) in [5.74, 6) is -3.61. The van der Waals surface area contributed by atoms with Gasteiger partial charge in [0.25, 0.3) is 5.69 Å². The summed E-state index contributed by atoms with van der Waals surface area (Å²) in [6, 6.07) is 5.63. The van der Waals surface area contributed by atoms with Crippen molar-refractivity contribution in [1.82, 2.24) is 0 Å². The molecule has 1 aromatic carbocycles. The van der Waals surface area contributed by atoms with E-state index in [9.17, 15) is 34.7 Å². The van der Waals surface area contributed by atoms with E-state index >= 15 is 8.78 Å². The molecule has 2 N–H and O–H groups in total. The van der Waals surface area contributed by atoms with Gasteiger partial charge in [-0.25, -0.2) is 13.6 Å². The summed E-state index contributed by atoms with van der Waals surface area (Å²) in [7, 11) is 0. The van der Waals surface area contributed by atoms with Gasteiger partial charge in [0.2, 0.25) is 5.78 Å². The second kappa shape index (κ2) is 10.2. The van der Waals surface area contributed by atoms with Crippen molar-refractivity contribution in [3.05, 3.63) is 51.6 Å². The molecule has 0 aromatic heterocycles. The van der Waals surface area contributed by atoms with Gasteiger partial charge in [0, 0.05) is 29.2 Å². The molecule has 0 bridgehead atoms. The van der Waals surface area contributed by atoms with Crippen LogP contribution in [-0.4, -0.2) is 63.0 Å². The number of alkyl halides is 2. The maximum atomic E-state index is 17.3. The molecule has 0 spiro atoms. The molecule has 1 aromatic rings. The van der Waals surface area contributed by atoms with Gasteiger partial charge in [0.05, 0.1) is 16.6 Å². The Balaban J connectivity index is 1.34. The number of ether oxygens (including phenoxy) is 2. The predicted octanol–water partition coefficient (Wildman–Crippen LogP) is 4.34. The Kier molecular flexibility index (Phi) is 7.33. The SMILES string of the molecule is C[C@H]1C[C@H]2[C@@H]3C[C@H](F)C4=CC(=O)CC[C@]4(C)[C@@]3(F)[C@@H](O)C[C@]2(C)[C@@]1(O)C(=O)COC(=O)OCc1ccccc1[N+](=O)[O-]. The van der Waals surface area contributed by atoms with Gasteiger partial charge in [-0.3, -0.25) is 19.7 Å². The zero-order chi connectivity index (χ0) is 30.8. The van der Waals surface area contributed by atoms with Crippen molar-refractivity contribution in [2.75, 3.05) is 6.61 Å². The van der Waals surface area contributed by atoms with Crippen LogP contribution in [0.4, 0.5) is 19.3 Å².